The van der Waals surface area contributed by atoms with Gasteiger partial charge in [-0.1, -0.05) is 42.5 Å². The minimum atomic E-state index is 0.895. The second-order valence-electron chi connectivity index (χ2n) is 5.77. The Balaban J connectivity index is 2.13. The standard InChI is InChI=1S/C20H14N2O/c1-13-14-7-2-3-8-15(14)18-16-9-4-5-10-17(16)23-20(18)19(13)22-12-6-11-21-22/h2-12H,1H3. The third-order valence-electron chi connectivity index (χ3n) is 4.50. The molecule has 3 heteroatoms. The Hall–Kier alpha value is -3.07. The predicted octanol–water partition coefficient (Wildman–Crippen LogP) is 5.23. The van der Waals surface area contributed by atoms with Crippen LogP contribution in [-0.2, 0) is 0 Å². The summed E-state index contributed by atoms with van der Waals surface area (Å²) < 4.78 is 8.13. The molecule has 2 aromatic heterocycles. The molecule has 0 saturated heterocycles. The molecule has 0 aliphatic carbocycles. The number of benzene rings is 3. The zero-order valence-electron chi connectivity index (χ0n) is 12.7. The van der Waals surface area contributed by atoms with E-state index in [4.69, 9.17) is 4.42 Å². The monoisotopic (exact) mass is 298 g/mol. The molecule has 0 fully saturated rings. The Kier molecular flexibility index (Phi) is 2.42. The van der Waals surface area contributed by atoms with Crippen molar-refractivity contribution in [1.82, 2.24) is 9.78 Å². The number of para-hydroxylation sites is 1. The van der Waals surface area contributed by atoms with Gasteiger partial charge >= 0.3 is 0 Å². The van der Waals surface area contributed by atoms with Crippen LogP contribution >= 0.6 is 0 Å². The van der Waals surface area contributed by atoms with Crippen molar-refractivity contribution in [2.75, 3.05) is 0 Å². The summed E-state index contributed by atoms with van der Waals surface area (Å²) in [5, 5.41) is 9.19. The van der Waals surface area contributed by atoms with Gasteiger partial charge in [-0.25, -0.2) is 4.68 Å². The van der Waals surface area contributed by atoms with Crippen molar-refractivity contribution in [3.63, 3.8) is 0 Å². The van der Waals surface area contributed by atoms with E-state index in [1.54, 1.807) is 6.20 Å². The van der Waals surface area contributed by atoms with E-state index in [0.717, 1.165) is 27.6 Å². The molecule has 0 unspecified atom stereocenters. The van der Waals surface area contributed by atoms with Gasteiger partial charge in [-0.2, -0.15) is 5.10 Å². The molecule has 5 aromatic rings. The molecule has 0 bridgehead atoms. The smallest absolute Gasteiger partial charge is 0.161 e. The molecule has 0 N–H and O–H groups in total. The largest absolute Gasteiger partial charge is 0.454 e. The molecule has 0 saturated carbocycles. The van der Waals surface area contributed by atoms with Crippen LogP contribution in [0.1, 0.15) is 5.56 Å². The summed E-state index contributed by atoms with van der Waals surface area (Å²) in [6, 6.07) is 18.6. The molecule has 0 radical (unpaired) electrons. The average molecular weight is 298 g/mol. The van der Waals surface area contributed by atoms with E-state index in [9.17, 15) is 0 Å². The van der Waals surface area contributed by atoms with Crippen LogP contribution in [0.5, 0.6) is 0 Å². The second kappa shape index (κ2) is 4.46. The lowest BCUT2D eigenvalue weighted by molar-refractivity contribution is 0.661. The molecular weight excluding hydrogens is 284 g/mol. The van der Waals surface area contributed by atoms with Crippen molar-refractivity contribution < 1.29 is 4.42 Å². The normalized spacial score (nSPS) is 11.7. The molecule has 0 aliphatic rings. The van der Waals surface area contributed by atoms with E-state index in [1.165, 1.54) is 16.3 Å². The van der Waals surface area contributed by atoms with Gasteiger partial charge in [0.25, 0.3) is 0 Å². The Morgan fingerprint density at radius 2 is 1.61 bits per heavy atom. The maximum absolute atomic E-state index is 6.24. The Morgan fingerprint density at radius 3 is 2.39 bits per heavy atom. The van der Waals surface area contributed by atoms with Crippen LogP contribution in [0.3, 0.4) is 0 Å². The summed E-state index contributed by atoms with van der Waals surface area (Å²) >= 11 is 0. The first-order valence-electron chi connectivity index (χ1n) is 7.67. The maximum atomic E-state index is 6.24. The lowest BCUT2D eigenvalue weighted by Crippen LogP contribution is -1.99. The molecular formula is C20H14N2O. The molecule has 0 spiro atoms. The van der Waals surface area contributed by atoms with Gasteiger partial charge < -0.3 is 4.42 Å². The fraction of sp³-hybridized carbons (Fsp3) is 0.0500. The summed E-state index contributed by atoms with van der Waals surface area (Å²) in [7, 11) is 0. The van der Waals surface area contributed by atoms with Gasteiger partial charge in [0, 0.05) is 23.2 Å². The van der Waals surface area contributed by atoms with Crippen molar-refractivity contribution in [2.24, 2.45) is 0 Å². The van der Waals surface area contributed by atoms with E-state index >= 15 is 0 Å². The number of hydrogen-bond acceptors (Lipinski definition) is 2. The predicted molar refractivity (Wildman–Crippen MR) is 93.1 cm³/mol. The number of fused-ring (bicyclic) bond motifs is 5. The highest BCUT2D eigenvalue weighted by Gasteiger charge is 2.19. The van der Waals surface area contributed by atoms with E-state index in [0.29, 0.717) is 0 Å². The van der Waals surface area contributed by atoms with E-state index in [-0.39, 0.29) is 0 Å². The fourth-order valence-corrected chi connectivity index (χ4v) is 3.48. The summed E-state index contributed by atoms with van der Waals surface area (Å²) in [5.74, 6) is 0. The van der Waals surface area contributed by atoms with Crippen molar-refractivity contribution in [3.05, 3.63) is 72.6 Å². The summed E-state index contributed by atoms with van der Waals surface area (Å²) in [5.41, 5.74) is 3.99. The summed E-state index contributed by atoms with van der Waals surface area (Å²) in [4.78, 5) is 0. The third kappa shape index (κ3) is 1.62. The number of aryl methyl sites for hydroxylation is 1. The summed E-state index contributed by atoms with van der Waals surface area (Å²) in [6.45, 7) is 2.13. The van der Waals surface area contributed by atoms with E-state index in [2.05, 4.69) is 48.4 Å². The van der Waals surface area contributed by atoms with Crippen molar-refractivity contribution in [1.29, 1.82) is 0 Å². The van der Waals surface area contributed by atoms with E-state index in [1.807, 2.05) is 29.1 Å². The van der Waals surface area contributed by atoms with Crippen LogP contribution in [0.2, 0.25) is 0 Å². The minimum absolute atomic E-state index is 0.895. The highest BCUT2D eigenvalue weighted by atomic mass is 16.3. The topological polar surface area (TPSA) is 31.0 Å². The van der Waals surface area contributed by atoms with Crippen LogP contribution in [0.15, 0.2) is 71.4 Å². The Bertz CT molecular complexity index is 1170. The quantitative estimate of drug-likeness (QED) is 0.424. The first kappa shape index (κ1) is 12.5. The molecule has 3 nitrogen and oxygen atoms in total. The first-order valence-corrected chi connectivity index (χ1v) is 7.67. The van der Waals surface area contributed by atoms with Gasteiger partial charge in [0.15, 0.2) is 5.58 Å². The van der Waals surface area contributed by atoms with Gasteiger partial charge in [0.2, 0.25) is 0 Å². The fourth-order valence-electron chi connectivity index (χ4n) is 3.48. The van der Waals surface area contributed by atoms with Crippen molar-refractivity contribution >= 4 is 32.7 Å². The van der Waals surface area contributed by atoms with Crippen molar-refractivity contribution in [2.45, 2.75) is 6.92 Å². The van der Waals surface area contributed by atoms with E-state index < -0.39 is 0 Å². The van der Waals surface area contributed by atoms with Crippen LogP contribution in [0.25, 0.3) is 38.4 Å². The van der Waals surface area contributed by atoms with Gasteiger partial charge in [-0.3, -0.25) is 0 Å². The number of hydrogen-bond donors (Lipinski definition) is 0. The molecule has 0 atom stereocenters. The number of nitrogens with zero attached hydrogens (tertiary/aromatic N) is 2. The molecule has 0 aliphatic heterocycles. The maximum Gasteiger partial charge on any atom is 0.161 e. The molecule has 2 heterocycles. The van der Waals surface area contributed by atoms with Gasteiger partial charge in [-0.05, 0) is 35.4 Å². The lowest BCUT2D eigenvalue weighted by atomic mass is 9.98. The zero-order valence-corrected chi connectivity index (χ0v) is 12.7. The van der Waals surface area contributed by atoms with Crippen LogP contribution in [0.4, 0.5) is 0 Å². The van der Waals surface area contributed by atoms with Gasteiger partial charge in [-0.15, -0.1) is 0 Å². The van der Waals surface area contributed by atoms with Crippen LogP contribution < -0.4 is 0 Å². The minimum Gasteiger partial charge on any atom is -0.454 e. The third-order valence-corrected chi connectivity index (χ3v) is 4.50. The molecule has 0 amide bonds. The SMILES string of the molecule is Cc1c(-n2cccn2)c2oc3ccccc3c2c2ccccc12. The number of furan rings is 1. The Labute approximate surface area is 132 Å². The second-order valence-corrected chi connectivity index (χ2v) is 5.77. The van der Waals surface area contributed by atoms with Crippen LogP contribution in [0, 0.1) is 6.92 Å². The number of rotatable bonds is 1. The molecule has 3 aromatic carbocycles. The lowest BCUT2D eigenvalue weighted by Gasteiger charge is -2.11. The molecule has 23 heavy (non-hydrogen) atoms. The highest BCUT2D eigenvalue weighted by Crippen LogP contribution is 2.40. The summed E-state index contributed by atoms with van der Waals surface area (Å²) in [6.07, 6.45) is 3.76. The highest BCUT2D eigenvalue weighted by molar-refractivity contribution is 6.22. The molecule has 5 rings (SSSR count). The van der Waals surface area contributed by atoms with Gasteiger partial charge in [0.1, 0.15) is 11.3 Å². The Morgan fingerprint density at radius 1 is 0.870 bits per heavy atom. The zero-order chi connectivity index (χ0) is 15.4. The average Bonchev–Trinajstić information content (AvgIpc) is 3.23. The number of aromatic nitrogens is 2. The van der Waals surface area contributed by atoms with Crippen LogP contribution in [-0.4, -0.2) is 9.78 Å². The molecule has 110 valence electrons. The first-order chi connectivity index (χ1) is 11.3. The van der Waals surface area contributed by atoms with Crippen molar-refractivity contribution in [3.8, 4) is 5.69 Å². The van der Waals surface area contributed by atoms with Gasteiger partial charge in [0.05, 0.1) is 0 Å².